The van der Waals surface area contributed by atoms with Crippen molar-refractivity contribution in [1.82, 2.24) is 5.32 Å². The third-order valence-corrected chi connectivity index (χ3v) is 2.79. The molecule has 1 heterocycles. The monoisotopic (exact) mass is 277 g/mol. The van der Waals surface area contributed by atoms with E-state index in [1.165, 1.54) is 6.08 Å². The minimum Gasteiger partial charge on any atom is -0.493 e. The van der Waals surface area contributed by atoms with Crippen LogP contribution < -0.4 is 19.5 Å². The second kappa shape index (κ2) is 6.32. The van der Waals surface area contributed by atoms with Gasteiger partial charge in [0.05, 0.1) is 7.11 Å². The summed E-state index contributed by atoms with van der Waals surface area (Å²) in [4.78, 5) is 11.6. The molecule has 2 rings (SSSR count). The molecular formula is C15H19NO4. The van der Waals surface area contributed by atoms with Gasteiger partial charge in [-0.05, 0) is 29.7 Å². The van der Waals surface area contributed by atoms with Crippen LogP contribution in [-0.4, -0.2) is 26.4 Å². The smallest absolute Gasteiger partial charge is 0.244 e. The molecule has 0 spiro atoms. The summed E-state index contributed by atoms with van der Waals surface area (Å²) in [5.41, 5.74) is 0.825. The van der Waals surface area contributed by atoms with Gasteiger partial charge in [0, 0.05) is 12.6 Å². The molecule has 0 fully saturated rings. The van der Waals surface area contributed by atoms with Gasteiger partial charge in [-0.25, -0.2) is 0 Å². The van der Waals surface area contributed by atoms with Crippen LogP contribution in [-0.2, 0) is 4.79 Å². The second-order valence-electron chi connectivity index (χ2n) is 4.93. The molecule has 0 unspecified atom stereocenters. The van der Waals surface area contributed by atoms with Crippen LogP contribution in [0.2, 0.25) is 0 Å². The summed E-state index contributed by atoms with van der Waals surface area (Å²) in [5.74, 6) is 2.15. The Morgan fingerprint density at radius 1 is 1.45 bits per heavy atom. The number of hydrogen-bond donors (Lipinski definition) is 1. The van der Waals surface area contributed by atoms with Crippen molar-refractivity contribution in [2.45, 2.75) is 13.8 Å². The minimum absolute atomic E-state index is 0.115. The maximum Gasteiger partial charge on any atom is 0.244 e. The number of rotatable bonds is 5. The van der Waals surface area contributed by atoms with Crippen molar-refractivity contribution in [3.8, 4) is 17.2 Å². The fraction of sp³-hybridized carbons (Fsp3) is 0.400. The van der Waals surface area contributed by atoms with Crippen LogP contribution in [0.5, 0.6) is 17.2 Å². The number of benzene rings is 1. The summed E-state index contributed by atoms with van der Waals surface area (Å²) in [6, 6.07) is 3.62. The highest BCUT2D eigenvalue weighted by atomic mass is 16.7. The molecule has 5 heteroatoms. The van der Waals surface area contributed by atoms with Crippen molar-refractivity contribution >= 4 is 12.0 Å². The molecule has 0 saturated heterocycles. The molecule has 5 nitrogen and oxygen atoms in total. The van der Waals surface area contributed by atoms with Crippen LogP contribution in [0.3, 0.4) is 0 Å². The van der Waals surface area contributed by atoms with Gasteiger partial charge in [-0.1, -0.05) is 13.8 Å². The molecule has 1 aliphatic heterocycles. The van der Waals surface area contributed by atoms with Crippen molar-refractivity contribution in [1.29, 1.82) is 0 Å². The first-order valence-corrected chi connectivity index (χ1v) is 6.53. The molecular weight excluding hydrogens is 258 g/mol. The molecule has 1 amide bonds. The Morgan fingerprint density at radius 2 is 2.25 bits per heavy atom. The summed E-state index contributed by atoms with van der Waals surface area (Å²) in [6.07, 6.45) is 3.22. The normalized spacial score (nSPS) is 13.0. The standard InChI is InChI=1S/C15H19NO4/c1-10(2)8-16-14(17)5-4-11-6-12(18-3)15-13(7-11)19-9-20-15/h4-7,10H,8-9H2,1-3H3,(H,16,17)/b5-4+. The van der Waals surface area contributed by atoms with Crippen molar-refractivity contribution in [2.75, 3.05) is 20.4 Å². The fourth-order valence-corrected chi connectivity index (χ4v) is 1.78. The molecule has 0 aliphatic carbocycles. The number of amides is 1. The van der Waals surface area contributed by atoms with Crippen molar-refractivity contribution < 1.29 is 19.0 Å². The average molecular weight is 277 g/mol. The van der Waals surface area contributed by atoms with E-state index >= 15 is 0 Å². The number of carbonyl (C=O) groups is 1. The molecule has 0 saturated carbocycles. The summed E-state index contributed by atoms with van der Waals surface area (Å²) in [5, 5.41) is 2.82. The van der Waals surface area contributed by atoms with Crippen LogP contribution in [0.15, 0.2) is 18.2 Å². The van der Waals surface area contributed by atoms with Gasteiger partial charge in [-0.2, -0.15) is 0 Å². The number of nitrogens with one attached hydrogen (secondary N) is 1. The molecule has 20 heavy (non-hydrogen) atoms. The third-order valence-electron chi connectivity index (χ3n) is 2.79. The fourth-order valence-electron chi connectivity index (χ4n) is 1.78. The lowest BCUT2D eigenvalue weighted by Crippen LogP contribution is -2.25. The Bertz CT molecular complexity index is 523. The number of carbonyl (C=O) groups excluding carboxylic acids is 1. The van der Waals surface area contributed by atoms with Gasteiger partial charge < -0.3 is 19.5 Å². The van der Waals surface area contributed by atoms with Gasteiger partial charge in [-0.15, -0.1) is 0 Å². The zero-order chi connectivity index (χ0) is 14.5. The van der Waals surface area contributed by atoms with Crippen LogP contribution in [0, 0.1) is 5.92 Å². The maximum absolute atomic E-state index is 11.6. The number of methoxy groups -OCH3 is 1. The largest absolute Gasteiger partial charge is 0.493 e. The SMILES string of the molecule is COc1cc(/C=C/C(=O)NCC(C)C)cc2c1OCO2. The molecule has 1 aromatic rings. The number of hydrogen-bond acceptors (Lipinski definition) is 4. The van der Waals surface area contributed by atoms with E-state index < -0.39 is 0 Å². The van der Waals surface area contributed by atoms with E-state index in [4.69, 9.17) is 14.2 Å². The quantitative estimate of drug-likeness (QED) is 0.838. The van der Waals surface area contributed by atoms with Gasteiger partial charge in [-0.3, -0.25) is 4.79 Å². The van der Waals surface area contributed by atoms with Gasteiger partial charge in [0.2, 0.25) is 18.4 Å². The lowest BCUT2D eigenvalue weighted by Gasteiger charge is -2.06. The van der Waals surface area contributed by atoms with Crippen LogP contribution in [0.1, 0.15) is 19.4 Å². The predicted octanol–water partition coefficient (Wildman–Crippen LogP) is 2.21. The Kier molecular flexibility index (Phi) is 4.50. The van der Waals surface area contributed by atoms with E-state index in [2.05, 4.69) is 5.32 Å². The molecule has 0 aromatic heterocycles. The lowest BCUT2D eigenvalue weighted by molar-refractivity contribution is -0.116. The second-order valence-corrected chi connectivity index (χ2v) is 4.93. The Hall–Kier alpha value is -2.17. The third kappa shape index (κ3) is 3.44. The summed E-state index contributed by atoms with van der Waals surface area (Å²) in [7, 11) is 1.57. The zero-order valence-corrected chi connectivity index (χ0v) is 11.9. The summed E-state index contributed by atoms with van der Waals surface area (Å²) < 4.78 is 15.9. The maximum atomic E-state index is 11.6. The highest BCUT2D eigenvalue weighted by Crippen LogP contribution is 2.41. The minimum atomic E-state index is -0.115. The van der Waals surface area contributed by atoms with Gasteiger partial charge in [0.25, 0.3) is 0 Å². The molecule has 0 bridgehead atoms. The predicted molar refractivity (Wildman–Crippen MR) is 76.0 cm³/mol. The Balaban J connectivity index is 2.08. The van der Waals surface area contributed by atoms with Crippen molar-refractivity contribution in [3.63, 3.8) is 0 Å². The van der Waals surface area contributed by atoms with Crippen LogP contribution in [0.25, 0.3) is 6.08 Å². The van der Waals surface area contributed by atoms with E-state index in [1.807, 2.05) is 19.9 Å². The molecule has 1 aliphatic rings. The summed E-state index contributed by atoms with van der Waals surface area (Å²) in [6.45, 7) is 4.95. The Labute approximate surface area is 118 Å². The van der Waals surface area contributed by atoms with E-state index in [0.29, 0.717) is 29.7 Å². The van der Waals surface area contributed by atoms with Gasteiger partial charge >= 0.3 is 0 Å². The van der Waals surface area contributed by atoms with E-state index in [-0.39, 0.29) is 12.7 Å². The lowest BCUT2D eigenvalue weighted by atomic mass is 10.1. The van der Waals surface area contributed by atoms with Gasteiger partial charge in [0.1, 0.15) is 0 Å². The summed E-state index contributed by atoms with van der Waals surface area (Å²) >= 11 is 0. The van der Waals surface area contributed by atoms with Crippen LogP contribution >= 0.6 is 0 Å². The zero-order valence-electron chi connectivity index (χ0n) is 11.9. The Morgan fingerprint density at radius 3 is 2.95 bits per heavy atom. The van der Waals surface area contributed by atoms with Crippen LogP contribution in [0.4, 0.5) is 0 Å². The van der Waals surface area contributed by atoms with Crippen molar-refractivity contribution in [2.24, 2.45) is 5.92 Å². The number of fused-ring (bicyclic) bond motifs is 1. The molecule has 1 aromatic carbocycles. The number of ether oxygens (including phenoxy) is 3. The highest BCUT2D eigenvalue weighted by Gasteiger charge is 2.19. The van der Waals surface area contributed by atoms with E-state index in [9.17, 15) is 4.79 Å². The molecule has 1 N–H and O–H groups in total. The van der Waals surface area contributed by atoms with Gasteiger partial charge in [0.15, 0.2) is 11.5 Å². The first-order valence-electron chi connectivity index (χ1n) is 6.53. The topological polar surface area (TPSA) is 56.8 Å². The van der Waals surface area contributed by atoms with E-state index in [1.54, 1.807) is 19.3 Å². The highest BCUT2D eigenvalue weighted by molar-refractivity contribution is 5.91. The molecule has 108 valence electrons. The van der Waals surface area contributed by atoms with Crippen molar-refractivity contribution in [3.05, 3.63) is 23.8 Å². The van der Waals surface area contributed by atoms with E-state index in [0.717, 1.165) is 5.56 Å². The average Bonchev–Trinajstić information content (AvgIpc) is 2.90. The molecule has 0 radical (unpaired) electrons. The first-order chi connectivity index (χ1) is 9.60. The molecule has 0 atom stereocenters. The first kappa shape index (κ1) is 14.2.